The Kier molecular flexibility index (Phi) is 9.59. The number of allylic oxidation sites excluding steroid dienone is 4. The number of hydrogen-bond donors (Lipinski definition) is 3. The van der Waals surface area contributed by atoms with Crippen molar-refractivity contribution in [1.82, 2.24) is 19.9 Å². The maximum Gasteiger partial charge on any atom is 2.00 e. The van der Waals surface area contributed by atoms with Crippen molar-refractivity contribution in [3.8, 4) is 0 Å². The number of fused-ring (bicyclic) bond motifs is 8. The molecule has 0 atom stereocenters. The second kappa shape index (κ2) is 13.0. The number of rotatable bonds is 9. The largest absolute Gasteiger partial charge is 2.00 e. The molecule has 5 rings (SSSR count). The van der Waals surface area contributed by atoms with Crippen molar-refractivity contribution in [3.63, 3.8) is 0 Å². The molecule has 0 amide bonds. The van der Waals surface area contributed by atoms with Crippen molar-refractivity contribution in [3.05, 3.63) is 88.5 Å². The first kappa shape index (κ1) is 32.4. The topological polar surface area (TPSA) is 149 Å². The van der Waals surface area contributed by atoms with E-state index < -0.39 is 11.9 Å². The minimum absolute atomic E-state index is 0. The molecule has 0 saturated heterocycles. The third-order valence-corrected chi connectivity index (χ3v) is 8.06. The van der Waals surface area contributed by atoms with Gasteiger partial charge in [0.05, 0.1) is 29.4 Å². The van der Waals surface area contributed by atoms with Crippen LogP contribution in [0.5, 0.6) is 0 Å². The molecule has 0 saturated carbocycles. The predicted molar refractivity (Wildman–Crippen MR) is 168 cm³/mol. The standard InChI is InChI=1S/C34H34N4O5.Fe/c1-6-20-17(3)25-12-26-19(5)22(8-10-33(40)41)30(37-26)15-31-23(9-11-34(42)43)24(16-39)32(38-31)14-29-21(7-2)18(4)27(36-29)13-28(20)35-25;/h6-7,12-15,39H,1-2,8-11,16H2,3-5H3,(H4,35,36,37,38,40,41,42,43);/q;+2/p-2. The minimum Gasteiger partial charge on any atom is -0.657 e. The van der Waals surface area contributed by atoms with Crippen LogP contribution >= 0.6 is 0 Å². The van der Waals surface area contributed by atoms with Gasteiger partial charge in [-0.25, -0.2) is 9.97 Å². The summed E-state index contributed by atoms with van der Waals surface area (Å²) in [5, 5.41) is 29.3. The smallest absolute Gasteiger partial charge is 0.657 e. The van der Waals surface area contributed by atoms with Gasteiger partial charge in [0.2, 0.25) is 0 Å². The average Bonchev–Trinajstić information content (AvgIpc) is 3.63. The molecule has 9 nitrogen and oxygen atoms in total. The molecule has 2 aliphatic rings. The molecule has 3 aromatic rings. The van der Waals surface area contributed by atoms with Gasteiger partial charge in [0.1, 0.15) is 0 Å². The summed E-state index contributed by atoms with van der Waals surface area (Å²) in [7, 11) is 0. The summed E-state index contributed by atoms with van der Waals surface area (Å²) in [4.78, 5) is 42.6. The summed E-state index contributed by atoms with van der Waals surface area (Å²) in [5.41, 5.74) is 11.1. The molecule has 44 heavy (non-hydrogen) atoms. The van der Waals surface area contributed by atoms with Gasteiger partial charge < -0.3 is 25.3 Å². The van der Waals surface area contributed by atoms with Crippen molar-refractivity contribution in [1.29, 1.82) is 0 Å². The quantitative estimate of drug-likeness (QED) is 0.252. The summed E-state index contributed by atoms with van der Waals surface area (Å²) in [6.07, 6.45) is 3.64. The second-order valence-electron chi connectivity index (χ2n) is 10.6. The molecule has 0 fully saturated rings. The predicted octanol–water partition coefficient (Wildman–Crippen LogP) is 5.73. The maximum atomic E-state index is 11.5. The van der Waals surface area contributed by atoms with E-state index in [2.05, 4.69) is 13.2 Å². The number of hydrogen-bond acceptors (Lipinski definition) is 5. The number of aryl methyl sites for hydroxylation is 3. The number of aliphatic hydroxyl groups is 1. The van der Waals surface area contributed by atoms with Gasteiger partial charge in [0, 0.05) is 24.0 Å². The first-order valence-electron chi connectivity index (χ1n) is 13.9. The van der Waals surface area contributed by atoms with E-state index in [9.17, 15) is 24.9 Å². The fourth-order valence-corrected chi connectivity index (χ4v) is 5.68. The number of aliphatic carboxylic acids is 2. The fraction of sp³-hybridized carbons (Fsp3) is 0.235. The molecule has 8 bridgehead atoms. The van der Waals surface area contributed by atoms with E-state index in [1.165, 1.54) is 0 Å². The molecular formula is C34H32FeN4O5. The van der Waals surface area contributed by atoms with Gasteiger partial charge in [-0.3, -0.25) is 9.59 Å². The number of nitrogens with zero attached hydrogens (tertiary/aromatic N) is 4. The summed E-state index contributed by atoms with van der Waals surface area (Å²) in [6.45, 7) is 13.5. The monoisotopic (exact) mass is 632 g/mol. The van der Waals surface area contributed by atoms with Crippen LogP contribution < -0.4 is 9.97 Å². The van der Waals surface area contributed by atoms with Gasteiger partial charge >= 0.3 is 29.0 Å². The Labute approximate surface area is 265 Å². The van der Waals surface area contributed by atoms with Crippen LogP contribution in [-0.4, -0.2) is 43.8 Å². The van der Waals surface area contributed by atoms with Crippen LogP contribution in [0.1, 0.15) is 71.2 Å². The van der Waals surface area contributed by atoms with Crippen molar-refractivity contribution in [2.45, 2.75) is 46.5 Å². The summed E-state index contributed by atoms with van der Waals surface area (Å²) in [5.74, 6) is -1.90. The SMILES string of the molecule is C=CC1=C(C)c2cc3[n-]c(cc4nc(cc5[n-]c(cc1n2)c(C)c5C=C)C(CO)=C4CCC(=O)O)c(CCC(=O)O)c3C.[Fe+2]. The van der Waals surface area contributed by atoms with Gasteiger partial charge in [-0.05, 0) is 50.3 Å². The number of aliphatic hydroxyl groups excluding tert-OH is 1. The van der Waals surface area contributed by atoms with Crippen molar-refractivity contribution in [2.24, 2.45) is 0 Å². The molecule has 0 aromatic carbocycles. The molecule has 0 spiro atoms. The van der Waals surface area contributed by atoms with Crippen LogP contribution in [0.15, 0.2) is 43.5 Å². The van der Waals surface area contributed by atoms with Crippen LogP contribution in [-0.2, 0) is 33.1 Å². The van der Waals surface area contributed by atoms with E-state index in [1.807, 2.05) is 32.9 Å². The fourth-order valence-electron chi connectivity index (χ4n) is 5.68. The Morgan fingerprint density at radius 1 is 0.750 bits per heavy atom. The Morgan fingerprint density at radius 2 is 1.30 bits per heavy atom. The minimum atomic E-state index is -0.973. The molecule has 0 unspecified atom stereocenters. The third kappa shape index (κ3) is 5.97. The summed E-state index contributed by atoms with van der Waals surface area (Å²) < 4.78 is 0. The van der Waals surface area contributed by atoms with Crippen LogP contribution in [0.2, 0.25) is 0 Å². The number of carboxylic acid groups (broad SMARTS) is 2. The van der Waals surface area contributed by atoms with E-state index >= 15 is 0 Å². The number of carbonyl (C=O) groups is 2. The molecule has 2 aliphatic heterocycles. The first-order chi connectivity index (χ1) is 20.6. The third-order valence-electron chi connectivity index (χ3n) is 8.06. The molecule has 0 radical (unpaired) electrons. The van der Waals surface area contributed by atoms with Crippen molar-refractivity contribution in [2.75, 3.05) is 6.61 Å². The average molecular weight is 632 g/mol. The second-order valence-corrected chi connectivity index (χ2v) is 10.6. The Bertz CT molecular complexity index is 1940. The Morgan fingerprint density at radius 3 is 1.93 bits per heavy atom. The molecule has 226 valence electrons. The van der Waals surface area contributed by atoms with E-state index in [-0.39, 0.29) is 49.4 Å². The van der Waals surface area contributed by atoms with Gasteiger partial charge in [-0.2, -0.15) is 0 Å². The molecule has 5 heterocycles. The molecule has 3 aromatic heterocycles. The van der Waals surface area contributed by atoms with Gasteiger partial charge in [-0.15, -0.1) is 22.1 Å². The van der Waals surface area contributed by atoms with E-state index in [0.29, 0.717) is 56.0 Å². The molecule has 10 heteroatoms. The first-order valence-corrected chi connectivity index (χ1v) is 13.9. The van der Waals surface area contributed by atoms with E-state index in [0.717, 1.165) is 33.4 Å². The van der Waals surface area contributed by atoms with Gasteiger partial charge in [0.15, 0.2) is 0 Å². The molecule has 0 aliphatic carbocycles. The van der Waals surface area contributed by atoms with Crippen LogP contribution in [0, 0.1) is 13.8 Å². The zero-order valence-corrected chi connectivity index (χ0v) is 25.8. The summed E-state index contributed by atoms with van der Waals surface area (Å²) in [6, 6.07) is 7.32. The van der Waals surface area contributed by atoms with Crippen molar-refractivity contribution >= 4 is 62.4 Å². The van der Waals surface area contributed by atoms with Crippen LogP contribution in [0.4, 0.5) is 0 Å². The Hall–Kier alpha value is -4.50. The van der Waals surface area contributed by atoms with Gasteiger partial charge in [-0.1, -0.05) is 66.3 Å². The summed E-state index contributed by atoms with van der Waals surface area (Å²) >= 11 is 0. The van der Waals surface area contributed by atoms with E-state index in [1.54, 1.807) is 24.3 Å². The van der Waals surface area contributed by atoms with Gasteiger partial charge in [0.25, 0.3) is 0 Å². The van der Waals surface area contributed by atoms with Crippen molar-refractivity contribution < 1.29 is 42.0 Å². The Balaban J connectivity index is 0.00000442. The van der Waals surface area contributed by atoms with Crippen LogP contribution in [0.25, 0.3) is 50.4 Å². The zero-order valence-electron chi connectivity index (χ0n) is 24.7. The van der Waals surface area contributed by atoms with E-state index in [4.69, 9.17) is 19.9 Å². The maximum absolute atomic E-state index is 11.5. The van der Waals surface area contributed by atoms with Crippen LogP contribution in [0.3, 0.4) is 0 Å². The molecule has 3 N–H and O–H groups in total. The number of aromatic nitrogens is 4. The zero-order chi connectivity index (χ0) is 31.0. The molecular weight excluding hydrogens is 600 g/mol. The normalized spacial score (nSPS) is 12.7. The number of carboxylic acids is 2.